The van der Waals surface area contributed by atoms with Crippen LogP contribution in [0.1, 0.15) is 0 Å². The molecule has 0 spiro atoms. The Hall–Kier alpha value is -9.17. The molecule has 0 aliphatic carbocycles. The van der Waals surface area contributed by atoms with E-state index in [4.69, 9.17) is 23.8 Å². The quantitative estimate of drug-likeness (QED) is 0.166. The molecule has 5 heterocycles. The van der Waals surface area contributed by atoms with Crippen LogP contribution >= 0.6 is 11.3 Å². The molecule has 0 aliphatic rings. The van der Waals surface area contributed by atoms with Crippen LogP contribution in [-0.2, 0) is 0 Å². The molecule has 0 saturated carbocycles. The van der Waals surface area contributed by atoms with Gasteiger partial charge in [-0.15, -0.1) is 11.3 Å². The van der Waals surface area contributed by atoms with Crippen molar-refractivity contribution in [2.75, 3.05) is 0 Å². The second kappa shape index (κ2) is 15.2. The van der Waals surface area contributed by atoms with E-state index in [1.165, 1.54) is 36.5 Å². The maximum Gasteiger partial charge on any atom is 0.164 e. The molecular weight excluding hydrogens is 877 g/mol. The Morgan fingerprint density at radius 1 is 0.314 bits per heavy atom. The van der Waals surface area contributed by atoms with Crippen molar-refractivity contribution in [3.8, 4) is 62.1 Å². The average Bonchev–Trinajstić information content (AvgIpc) is 4.19. The minimum atomic E-state index is 0.576. The lowest BCUT2D eigenvalue weighted by Gasteiger charge is -2.11. The lowest BCUT2D eigenvalue weighted by atomic mass is 9.93. The van der Waals surface area contributed by atoms with Gasteiger partial charge in [0.2, 0.25) is 0 Å². The summed E-state index contributed by atoms with van der Waals surface area (Å²) in [6.45, 7) is 0. The van der Waals surface area contributed by atoms with Gasteiger partial charge in [-0.05, 0) is 95.1 Å². The van der Waals surface area contributed by atoms with Gasteiger partial charge in [0.15, 0.2) is 17.5 Å². The summed E-state index contributed by atoms with van der Waals surface area (Å²) in [6.07, 6.45) is 0. The van der Waals surface area contributed by atoms with Crippen molar-refractivity contribution < 1.29 is 8.83 Å². The van der Waals surface area contributed by atoms with Crippen molar-refractivity contribution in [1.29, 1.82) is 0 Å². The normalized spacial score (nSPS) is 12.0. The van der Waals surface area contributed by atoms with E-state index in [1.54, 1.807) is 11.3 Å². The van der Waals surface area contributed by atoms with Gasteiger partial charge in [-0.25, -0.2) is 15.0 Å². The lowest BCUT2D eigenvalue weighted by molar-refractivity contribution is 0.669. The van der Waals surface area contributed by atoms with Gasteiger partial charge < -0.3 is 13.4 Å². The first-order chi connectivity index (χ1) is 34.7. The summed E-state index contributed by atoms with van der Waals surface area (Å²) in [5, 5.41) is 8.96. The molecule has 0 aliphatic heterocycles. The van der Waals surface area contributed by atoms with Crippen molar-refractivity contribution in [3.63, 3.8) is 0 Å². The smallest absolute Gasteiger partial charge is 0.164 e. The molecule has 0 bridgehead atoms. The number of rotatable bonds is 6. The van der Waals surface area contributed by atoms with Gasteiger partial charge in [0.05, 0.1) is 11.0 Å². The van der Waals surface area contributed by atoms with Gasteiger partial charge >= 0.3 is 0 Å². The van der Waals surface area contributed by atoms with Crippen LogP contribution in [0.4, 0.5) is 0 Å². The number of aromatic nitrogens is 4. The van der Waals surface area contributed by atoms with Crippen molar-refractivity contribution in [1.82, 2.24) is 19.5 Å². The SMILES string of the molecule is c1ccc(-c2nc(-c3ccc4c(c3)sc3ccccc34)nc(-c3cccc4oc5ccc(-c6cc(-c7ccc8c9ccccc9n(-c9ccccc9)c8c7)cc7oc8ccccc8c67)cc5c34)n2)cc1. The van der Waals surface area contributed by atoms with Gasteiger partial charge in [0.1, 0.15) is 22.3 Å². The molecule has 6 nitrogen and oxygen atoms in total. The molecule has 70 heavy (non-hydrogen) atoms. The van der Waals surface area contributed by atoms with Crippen LogP contribution in [0.25, 0.3) is 148 Å². The Balaban J connectivity index is 0.930. The van der Waals surface area contributed by atoms with Crippen LogP contribution in [0.3, 0.4) is 0 Å². The van der Waals surface area contributed by atoms with Crippen LogP contribution < -0.4 is 0 Å². The van der Waals surface area contributed by atoms with E-state index in [-0.39, 0.29) is 0 Å². The van der Waals surface area contributed by atoms with Crippen LogP contribution in [-0.4, -0.2) is 19.5 Å². The Labute approximate surface area is 404 Å². The van der Waals surface area contributed by atoms with Crippen LogP contribution in [0.2, 0.25) is 0 Å². The molecule has 0 saturated heterocycles. The van der Waals surface area contributed by atoms with E-state index < -0.39 is 0 Å². The highest BCUT2D eigenvalue weighted by Crippen LogP contribution is 2.45. The molecule has 7 heteroatoms. The van der Waals surface area contributed by atoms with E-state index in [1.807, 2.05) is 48.5 Å². The second-order valence-electron chi connectivity index (χ2n) is 17.9. The molecule has 10 aromatic carbocycles. The Morgan fingerprint density at radius 2 is 0.943 bits per heavy atom. The molecule has 0 amide bonds. The van der Waals surface area contributed by atoms with Crippen molar-refractivity contribution >= 4 is 97.2 Å². The molecule has 15 rings (SSSR count). The number of furan rings is 2. The van der Waals surface area contributed by atoms with Crippen LogP contribution in [0.15, 0.2) is 227 Å². The fourth-order valence-electron chi connectivity index (χ4n) is 10.6. The lowest BCUT2D eigenvalue weighted by Crippen LogP contribution is -2.00. The summed E-state index contributed by atoms with van der Waals surface area (Å²) in [6, 6.07) is 76.8. The fraction of sp³-hybridized carbons (Fsp3) is 0. The third kappa shape index (κ3) is 6.02. The first-order valence-electron chi connectivity index (χ1n) is 23.4. The largest absolute Gasteiger partial charge is 0.456 e. The average molecular weight is 913 g/mol. The molecule has 0 fully saturated rings. The highest BCUT2D eigenvalue weighted by Gasteiger charge is 2.22. The number of benzene rings is 10. The van der Waals surface area contributed by atoms with Gasteiger partial charge in [-0.2, -0.15) is 0 Å². The third-order valence-corrected chi connectivity index (χ3v) is 15.0. The molecule has 0 atom stereocenters. The van der Waals surface area contributed by atoms with Crippen molar-refractivity contribution in [3.05, 3.63) is 218 Å². The highest BCUT2D eigenvalue weighted by molar-refractivity contribution is 7.25. The maximum atomic E-state index is 6.71. The van der Waals surface area contributed by atoms with Gasteiger partial charge in [0, 0.05) is 74.9 Å². The molecule has 5 aromatic heterocycles. The summed E-state index contributed by atoms with van der Waals surface area (Å²) >= 11 is 1.79. The molecule has 326 valence electrons. The first-order valence-corrected chi connectivity index (χ1v) is 24.2. The van der Waals surface area contributed by atoms with Crippen molar-refractivity contribution in [2.24, 2.45) is 0 Å². The number of hydrogen-bond donors (Lipinski definition) is 0. The van der Waals surface area contributed by atoms with Gasteiger partial charge in [-0.3, -0.25) is 0 Å². The number of nitrogens with zero attached hydrogens (tertiary/aromatic N) is 4. The van der Waals surface area contributed by atoms with E-state index in [0.717, 1.165) is 94.0 Å². The zero-order valence-corrected chi connectivity index (χ0v) is 38.1. The summed E-state index contributed by atoms with van der Waals surface area (Å²) in [5.74, 6) is 1.80. The number of hydrogen-bond acceptors (Lipinski definition) is 6. The zero-order chi connectivity index (χ0) is 45.9. The molecule has 0 unspecified atom stereocenters. The predicted octanol–water partition coefficient (Wildman–Crippen LogP) is 17.5. The van der Waals surface area contributed by atoms with Gasteiger partial charge in [-0.1, -0.05) is 146 Å². The molecule has 15 aromatic rings. The predicted molar refractivity (Wildman–Crippen MR) is 289 cm³/mol. The highest BCUT2D eigenvalue weighted by atomic mass is 32.1. The molecule has 0 radical (unpaired) electrons. The topological polar surface area (TPSA) is 69.9 Å². The summed E-state index contributed by atoms with van der Waals surface area (Å²) < 4.78 is 18.2. The Kier molecular flexibility index (Phi) is 8.43. The van der Waals surface area contributed by atoms with Crippen molar-refractivity contribution in [2.45, 2.75) is 0 Å². The van der Waals surface area contributed by atoms with E-state index in [2.05, 4.69) is 174 Å². The monoisotopic (exact) mass is 912 g/mol. The first kappa shape index (κ1) is 38.9. The standard InChI is InChI=1S/C63H36N4O2S/c1-3-14-37(15-4-1)61-64-62(40-27-30-46-45-19-9-12-25-57(45)70-58(46)36-40)66-63(65-61)48-21-13-24-55-60(48)50-32-39(28-31-54(50)68-55)49-33-41(35-56-59(49)47-20-8-11-23-53(47)69-56)38-26-29-44-43-18-7-10-22-51(43)67(52(44)34-38)42-16-5-2-6-17-42/h1-36H. The van der Waals surface area contributed by atoms with Crippen LogP contribution in [0, 0.1) is 0 Å². The second-order valence-corrected chi connectivity index (χ2v) is 19.0. The number of fused-ring (bicyclic) bond motifs is 12. The summed E-state index contributed by atoms with van der Waals surface area (Å²) in [4.78, 5) is 15.6. The zero-order valence-electron chi connectivity index (χ0n) is 37.3. The van der Waals surface area contributed by atoms with E-state index in [9.17, 15) is 0 Å². The maximum absolute atomic E-state index is 6.71. The minimum absolute atomic E-state index is 0.576. The third-order valence-electron chi connectivity index (χ3n) is 13.9. The minimum Gasteiger partial charge on any atom is -0.456 e. The van der Waals surface area contributed by atoms with Crippen LogP contribution in [0.5, 0.6) is 0 Å². The van der Waals surface area contributed by atoms with Gasteiger partial charge in [0.25, 0.3) is 0 Å². The fourth-order valence-corrected chi connectivity index (χ4v) is 11.8. The Morgan fingerprint density at radius 3 is 1.83 bits per heavy atom. The van der Waals surface area contributed by atoms with E-state index >= 15 is 0 Å². The molecular formula is C63H36N4O2S. The summed E-state index contributed by atoms with van der Waals surface area (Å²) in [7, 11) is 0. The number of para-hydroxylation sites is 3. The van der Waals surface area contributed by atoms with E-state index in [0.29, 0.717) is 17.5 Å². The Bertz CT molecular complexity index is 4600. The summed E-state index contributed by atoms with van der Waals surface area (Å²) in [5.41, 5.74) is 13.6. The number of thiophene rings is 1. The molecule has 0 N–H and O–H groups in total.